The van der Waals surface area contributed by atoms with E-state index in [1.807, 2.05) is 24.3 Å². The van der Waals surface area contributed by atoms with Gasteiger partial charge in [-0.2, -0.15) is 0 Å². The van der Waals surface area contributed by atoms with Crippen LogP contribution in [-0.2, 0) is 4.79 Å². The van der Waals surface area contributed by atoms with Gasteiger partial charge in [0.15, 0.2) is 0 Å². The summed E-state index contributed by atoms with van der Waals surface area (Å²) in [5, 5.41) is 8.72. The molecule has 1 aliphatic heterocycles. The van der Waals surface area contributed by atoms with Crippen molar-refractivity contribution >= 4 is 16.7 Å². The molecule has 122 valence electrons. The van der Waals surface area contributed by atoms with Crippen LogP contribution in [0.15, 0.2) is 42.5 Å². The number of amides is 1. The van der Waals surface area contributed by atoms with E-state index in [1.54, 1.807) is 0 Å². The van der Waals surface area contributed by atoms with Gasteiger partial charge in [-0.3, -0.25) is 4.79 Å². The van der Waals surface area contributed by atoms with E-state index in [4.69, 9.17) is 4.74 Å². The highest BCUT2D eigenvalue weighted by atomic mass is 16.5. The molecule has 2 N–H and O–H groups in total. The largest absolute Gasteiger partial charge is 0.492 e. The van der Waals surface area contributed by atoms with E-state index in [1.165, 1.54) is 5.39 Å². The number of nitrogens with one attached hydrogen (secondary N) is 2. The number of hydrogen-bond donors (Lipinski definition) is 2. The second-order valence-corrected chi connectivity index (χ2v) is 6.22. The Hall–Kier alpha value is -2.07. The quantitative estimate of drug-likeness (QED) is 0.835. The van der Waals surface area contributed by atoms with Crippen LogP contribution in [0.2, 0.25) is 0 Å². The standard InChI is InChI=1S/C19H24N2O2/c1-14-12-17(8-9-20-14)19(22)21-10-11-23-18-7-6-15-4-2-3-5-16(15)13-18/h2-7,13-14,17,20H,8-12H2,1H3,(H,21,22)/t14-,17-/m0/s1. The smallest absolute Gasteiger partial charge is 0.223 e. The Labute approximate surface area is 137 Å². The van der Waals surface area contributed by atoms with Gasteiger partial charge in [0.2, 0.25) is 5.91 Å². The number of benzene rings is 2. The van der Waals surface area contributed by atoms with Crippen molar-refractivity contribution in [1.29, 1.82) is 0 Å². The van der Waals surface area contributed by atoms with Crippen molar-refractivity contribution in [3.05, 3.63) is 42.5 Å². The van der Waals surface area contributed by atoms with Crippen LogP contribution in [0.3, 0.4) is 0 Å². The zero-order chi connectivity index (χ0) is 16.1. The van der Waals surface area contributed by atoms with Crippen LogP contribution in [0, 0.1) is 5.92 Å². The Morgan fingerprint density at radius 2 is 2.09 bits per heavy atom. The van der Waals surface area contributed by atoms with Crippen molar-refractivity contribution in [1.82, 2.24) is 10.6 Å². The average molecular weight is 312 g/mol. The predicted octanol–water partition coefficient (Wildman–Crippen LogP) is 2.72. The Bertz CT molecular complexity index is 671. The van der Waals surface area contributed by atoms with Gasteiger partial charge in [-0.15, -0.1) is 0 Å². The van der Waals surface area contributed by atoms with Gasteiger partial charge in [0, 0.05) is 12.0 Å². The molecule has 0 spiro atoms. The van der Waals surface area contributed by atoms with E-state index in [0.717, 1.165) is 30.5 Å². The molecular formula is C19H24N2O2. The lowest BCUT2D eigenvalue weighted by Gasteiger charge is -2.27. The highest BCUT2D eigenvalue weighted by Gasteiger charge is 2.24. The molecule has 2 aromatic rings. The van der Waals surface area contributed by atoms with Gasteiger partial charge >= 0.3 is 0 Å². The fourth-order valence-corrected chi connectivity index (χ4v) is 3.11. The first kappa shape index (κ1) is 15.8. The number of carbonyl (C=O) groups is 1. The Morgan fingerprint density at radius 1 is 1.26 bits per heavy atom. The molecule has 2 atom stereocenters. The van der Waals surface area contributed by atoms with Gasteiger partial charge in [0.25, 0.3) is 0 Å². The molecule has 2 aromatic carbocycles. The molecule has 4 heteroatoms. The second-order valence-electron chi connectivity index (χ2n) is 6.22. The van der Waals surface area contributed by atoms with Crippen LogP contribution in [0.5, 0.6) is 5.75 Å². The maximum atomic E-state index is 12.1. The minimum atomic E-state index is 0.131. The van der Waals surface area contributed by atoms with Gasteiger partial charge in [0.1, 0.15) is 12.4 Å². The average Bonchev–Trinajstić information content (AvgIpc) is 2.58. The summed E-state index contributed by atoms with van der Waals surface area (Å²) in [5.41, 5.74) is 0. The number of ether oxygens (including phenoxy) is 1. The highest BCUT2D eigenvalue weighted by molar-refractivity contribution is 5.83. The lowest BCUT2D eigenvalue weighted by molar-refractivity contribution is -0.126. The SMILES string of the molecule is C[C@H]1C[C@@H](C(=O)NCCOc2ccc3ccccc3c2)CCN1. The second kappa shape index (κ2) is 7.47. The molecular weight excluding hydrogens is 288 g/mol. The Morgan fingerprint density at radius 3 is 2.91 bits per heavy atom. The van der Waals surface area contributed by atoms with E-state index < -0.39 is 0 Å². The Kier molecular flexibility index (Phi) is 5.13. The molecule has 0 aliphatic carbocycles. The molecule has 0 unspecified atom stereocenters. The fourth-order valence-electron chi connectivity index (χ4n) is 3.11. The first-order valence-corrected chi connectivity index (χ1v) is 8.35. The minimum Gasteiger partial charge on any atom is -0.492 e. The van der Waals surface area contributed by atoms with E-state index in [-0.39, 0.29) is 11.8 Å². The van der Waals surface area contributed by atoms with Crippen LogP contribution in [0.4, 0.5) is 0 Å². The number of rotatable bonds is 5. The number of hydrogen-bond acceptors (Lipinski definition) is 3. The summed E-state index contributed by atoms with van der Waals surface area (Å²) < 4.78 is 5.75. The molecule has 0 aromatic heterocycles. The minimum absolute atomic E-state index is 0.131. The van der Waals surface area contributed by atoms with Crippen LogP contribution in [0.1, 0.15) is 19.8 Å². The zero-order valence-corrected chi connectivity index (χ0v) is 13.5. The van der Waals surface area contributed by atoms with Crippen molar-refractivity contribution in [3.8, 4) is 5.75 Å². The maximum Gasteiger partial charge on any atom is 0.223 e. The molecule has 0 saturated carbocycles. The maximum absolute atomic E-state index is 12.1. The lowest BCUT2D eigenvalue weighted by atomic mass is 9.92. The van der Waals surface area contributed by atoms with Crippen molar-refractivity contribution in [2.24, 2.45) is 5.92 Å². The number of piperidine rings is 1. The summed E-state index contributed by atoms with van der Waals surface area (Å²) in [6.45, 7) is 4.09. The van der Waals surface area contributed by atoms with E-state index in [0.29, 0.717) is 19.2 Å². The Balaban J connectivity index is 1.44. The van der Waals surface area contributed by atoms with E-state index in [9.17, 15) is 4.79 Å². The summed E-state index contributed by atoms with van der Waals surface area (Å²) in [5.74, 6) is 1.13. The first-order valence-electron chi connectivity index (χ1n) is 8.35. The highest BCUT2D eigenvalue weighted by Crippen LogP contribution is 2.20. The molecule has 1 fully saturated rings. The molecule has 1 heterocycles. The van der Waals surface area contributed by atoms with Gasteiger partial charge in [-0.25, -0.2) is 0 Å². The van der Waals surface area contributed by atoms with E-state index >= 15 is 0 Å². The first-order chi connectivity index (χ1) is 11.2. The number of carbonyl (C=O) groups excluding carboxylic acids is 1. The van der Waals surface area contributed by atoms with Gasteiger partial charge in [-0.1, -0.05) is 30.3 Å². The third-order valence-electron chi connectivity index (χ3n) is 4.39. The van der Waals surface area contributed by atoms with Gasteiger partial charge in [-0.05, 0) is 49.2 Å². The summed E-state index contributed by atoms with van der Waals surface area (Å²) in [4.78, 5) is 12.1. The number of fused-ring (bicyclic) bond motifs is 1. The molecule has 23 heavy (non-hydrogen) atoms. The summed E-state index contributed by atoms with van der Waals surface area (Å²) >= 11 is 0. The zero-order valence-electron chi connectivity index (χ0n) is 13.5. The predicted molar refractivity (Wildman–Crippen MR) is 92.6 cm³/mol. The topological polar surface area (TPSA) is 50.4 Å². The van der Waals surface area contributed by atoms with Crippen molar-refractivity contribution in [2.45, 2.75) is 25.8 Å². The third-order valence-corrected chi connectivity index (χ3v) is 4.39. The monoisotopic (exact) mass is 312 g/mol. The van der Waals surface area contributed by atoms with Gasteiger partial charge in [0.05, 0.1) is 6.54 Å². The normalized spacial score (nSPS) is 21.1. The molecule has 4 nitrogen and oxygen atoms in total. The summed E-state index contributed by atoms with van der Waals surface area (Å²) in [6, 6.07) is 14.7. The van der Waals surface area contributed by atoms with Crippen molar-refractivity contribution in [3.63, 3.8) is 0 Å². The fraction of sp³-hybridized carbons (Fsp3) is 0.421. The summed E-state index contributed by atoms with van der Waals surface area (Å²) in [6.07, 6.45) is 1.83. The molecule has 1 aliphatic rings. The third kappa shape index (κ3) is 4.23. The molecule has 1 amide bonds. The molecule has 3 rings (SSSR count). The van der Waals surface area contributed by atoms with E-state index in [2.05, 4.69) is 35.8 Å². The van der Waals surface area contributed by atoms with Crippen molar-refractivity contribution in [2.75, 3.05) is 19.7 Å². The molecule has 0 radical (unpaired) electrons. The van der Waals surface area contributed by atoms with Crippen LogP contribution < -0.4 is 15.4 Å². The molecule has 0 bridgehead atoms. The van der Waals surface area contributed by atoms with Crippen molar-refractivity contribution < 1.29 is 9.53 Å². The lowest BCUT2D eigenvalue weighted by Crippen LogP contribution is -2.43. The van der Waals surface area contributed by atoms with Crippen LogP contribution in [-0.4, -0.2) is 31.6 Å². The van der Waals surface area contributed by atoms with Crippen LogP contribution in [0.25, 0.3) is 10.8 Å². The van der Waals surface area contributed by atoms with Crippen LogP contribution >= 0.6 is 0 Å². The molecule has 1 saturated heterocycles. The summed E-state index contributed by atoms with van der Waals surface area (Å²) in [7, 11) is 0. The van der Waals surface area contributed by atoms with Gasteiger partial charge < -0.3 is 15.4 Å².